The number of thiophene rings is 1. The monoisotopic (exact) mass is 530 g/mol. The Morgan fingerprint density at radius 2 is 1.89 bits per heavy atom. The van der Waals surface area contributed by atoms with Crippen LogP contribution in [0, 0.1) is 29.1 Å². The summed E-state index contributed by atoms with van der Waals surface area (Å²) in [6.45, 7) is 9.94. The average Bonchev–Trinajstić information content (AvgIpc) is 3.59. The summed E-state index contributed by atoms with van der Waals surface area (Å²) in [6.07, 6.45) is 4.14. The summed E-state index contributed by atoms with van der Waals surface area (Å²) in [5.74, 6) is 5.58. The van der Waals surface area contributed by atoms with Crippen LogP contribution >= 0.6 is 11.3 Å². The van der Waals surface area contributed by atoms with Crippen molar-refractivity contribution in [1.82, 2.24) is 4.90 Å². The molecule has 3 aliphatic rings. The van der Waals surface area contributed by atoms with Gasteiger partial charge in [0.2, 0.25) is 5.91 Å². The van der Waals surface area contributed by atoms with Crippen LogP contribution in [0.4, 0.5) is 10.5 Å². The minimum Gasteiger partial charge on any atom is -0.477 e. The van der Waals surface area contributed by atoms with E-state index in [1.54, 1.807) is 15.9 Å². The molecule has 9 heteroatoms. The molecule has 37 heavy (non-hydrogen) atoms. The van der Waals surface area contributed by atoms with E-state index < -0.39 is 12.1 Å². The van der Waals surface area contributed by atoms with Crippen LogP contribution in [0.15, 0.2) is 6.07 Å². The highest BCUT2D eigenvalue weighted by molar-refractivity contribution is 7.15. The molecule has 2 atom stereocenters. The highest BCUT2D eigenvalue weighted by atomic mass is 32.1. The Balaban J connectivity index is 1.62. The van der Waals surface area contributed by atoms with Crippen LogP contribution in [0.5, 0.6) is 0 Å². The summed E-state index contributed by atoms with van der Waals surface area (Å²) in [4.78, 5) is 43.1. The van der Waals surface area contributed by atoms with Crippen molar-refractivity contribution < 1.29 is 29.0 Å². The lowest BCUT2D eigenvalue weighted by molar-refractivity contribution is -0.124. The van der Waals surface area contributed by atoms with Crippen molar-refractivity contribution in [3.63, 3.8) is 0 Å². The molecule has 2 amide bonds. The van der Waals surface area contributed by atoms with E-state index in [1.165, 1.54) is 0 Å². The first-order chi connectivity index (χ1) is 17.5. The van der Waals surface area contributed by atoms with Crippen LogP contribution in [0.3, 0.4) is 0 Å². The van der Waals surface area contributed by atoms with Gasteiger partial charge in [0.05, 0.1) is 29.8 Å². The third-order valence-corrected chi connectivity index (χ3v) is 8.30. The van der Waals surface area contributed by atoms with Crippen molar-refractivity contribution in [2.75, 3.05) is 31.2 Å². The number of carbonyl (C=O) groups excluding carboxylic acids is 2. The first-order valence-corrected chi connectivity index (χ1v) is 14.1. The Labute approximate surface area is 223 Å². The van der Waals surface area contributed by atoms with E-state index in [9.17, 15) is 19.5 Å². The average molecular weight is 531 g/mol. The number of carboxylic acid groups (broad SMARTS) is 1. The minimum absolute atomic E-state index is 0.0491. The molecule has 1 saturated carbocycles. The fourth-order valence-corrected chi connectivity index (χ4v) is 6.01. The molecule has 0 unspecified atom stereocenters. The number of aromatic carboxylic acids is 1. The number of ether oxygens (including phenoxy) is 2. The first-order valence-electron chi connectivity index (χ1n) is 13.3. The van der Waals surface area contributed by atoms with Gasteiger partial charge in [-0.15, -0.1) is 11.3 Å². The summed E-state index contributed by atoms with van der Waals surface area (Å²) in [5.41, 5.74) is 0.155. The Kier molecular flexibility index (Phi) is 8.49. The van der Waals surface area contributed by atoms with Gasteiger partial charge >= 0.3 is 12.1 Å². The molecule has 1 aromatic rings. The Hall–Kier alpha value is -2.57. The molecule has 0 spiro atoms. The van der Waals surface area contributed by atoms with Gasteiger partial charge in [-0.2, -0.15) is 0 Å². The summed E-state index contributed by atoms with van der Waals surface area (Å²) in [7, 11) is 0. The quantitative estimate of drug-likeness (QED) is 0.538. The van der Waals surface area contributed by atoms with Crippen molar-refractivity contribution in [1.29, 1.82) is 0 Å². The van der Waals surface area contributed by atoms with E-state index in [4.69, 9.17) is 9.47 Å². The van der Waals surface area contributed by atoms with Gasteiger partial charge < -0.3 is 24.4 Å². The standard InChI is InChI=1S/C28H38N2O6S/c1-18-5-7-19(8-6-18)25(31)30(20-10-13-29(16-20)27(34)36-21-11-14-35-17-21)23-15-22(9-12-28(2,3)4)37-24(23)26(32)33/h15,18-21H,5-8,10-11,13-14,16-17H2,1-4H3,(H,32,33)/t18?,19?,20-,21-/m0/s1. The second-order valence-corrected chi connectivity index (χ2v) is 12.6. The fraction of sp³-hybridized carbons (Fsp3) is 0.679. The number of anilines is 1. The van der Waals surface area contributed by atoms with E-state index in [2.05, 4.69) is 18.8 Å². The number of nitrogens with zero attached hydrogens (tertiary/aromatic N) is 2. The third kappa shape index (κ3) is 6.85. The predicted octanol–water partition coefficient (Wildman–Crippen LogP) is 5.00. The second kappa shape index (κ2) is 11.4. The zero-order valence-electron chi connectivity index (χ0n) is 22.2. The molecule has 202 valence electrons. The van der Waals surface area contributed by atoms with Gasteiger partial charge in [-0.1, -0.05) is 18.8 Å². The third-order valence-electron chi connectivity index (χ3n) is 7.27. The number of hydrogen-bond donors (Lipinski definition) is 1. The Bertz CT molecular complexity index is 1070. The molecule has 0 aromatic carbocycles. The van der Waals surface area contributed by atoms with Gasteiger partial charge in [-0.3, -0.25) is 4.79 Å². The summed E-state index contributed by atoms with van der Waals surface area (Å²) in [5, 5.41) is 10.1. The number of amides is 2. The molecular formula is C28H38N2O6S. The highest BCUT2D eigenvalue weighted by Crippen LogP contribution is 2.38. The van der Waals surface area contributed by atoms with Crippen LogP contribution in [0.25, 0.3) is 0 Å². The highest BCUT2D eigenvalue weighted by Gasteiger charge is 2.40. The van der Waals surface area contributed by atoms with E-state index in [1.807, 2.05) is 20.8 Å². The first kappa shape index (κ1) is 27.5. The van der Waals surface area contributed by atoms with E-state index >= 15 is 0 Å². The normalized spacial score (nSPS) is 25.9. The minimum atomic E-state index is -1.07. The maximum Gasteiger partial charge on any atom is 0.410 e. The van der Waals surface area contributed by atoms with Gasteiger partial charge in [-0.25, -0.2) is 9.59 Å². The lowest BCUT2D eigenvalue weighted by Crippen LogP contribution is -2.47. The predicted molar refractivity (Wildman–Crippen MR) is 142 cm³/mol. The van der Waals surface area contributed by atoms with E-state index in [-0.39, 0.29) is 34.3 Å². The molecule has 3 heterocycles. The van der Waals surface area contributed by atoms with Crippen LogP contribution in [-0.2, 0) is 14.3 Å². The lowest BCUT2D eigenvalue weighted by Gasteiger charge is -2.34. The molecule has 1 aliphatic carbocycles. The van der Waals surface area contributed by atoms with E-state index in [0.29, 0.717) is 55.6 Å². The van der Waals surface area contributed by atoms with Crippen molar-refractivity contribution in [3.8, 4) is 11.8 Å². The van der Waals surface area contributed by atoms with Gasteiger partial charge in [0.25, 0.3) is 0 Å². The topological polar surface area (TPSA) is 96.4 Å². The molecule has 2 saturated heterocycles. The molecule has 8 nitrogen and oxygen atoms in total. The molecular weight excluding hydrogens is 492 g/mol. The molecule has 0 radical (unpaired) electrons. The SMILES string of the molecule is CC1CCC(C(=O)N(c2cc(C#CC(C)(C)C)sc2C(=O)O)[C@H]2CCN(C(=O)O[C@H]3CCOC3)C2)CC1. The van der Waals surface area contributed by atoms with Gasteiger partial charge in [0.1, 0.15) is 11.0 Å². The van der Waals surface area contributed by atoms with Gasteiger partial charge in [0.15, 0.2) is 0 Å². The number of hydrogen-bond acceptors (Lipinski definition) is 6. The van der Waals surface area contributed by atoms with Crippen molar-refractivity contribution in [2.24, 2.45) is 17.3 Å². The molecule has 1 aromatic heterocycles. The van der Waals surface area contributed by atoms with Crippen LogP contribution in [0.2, 0.25) is 0 Å². The van der Waals surface area contributed by atoms with E-state index in [0.717, 1.165) is 37.0 Å². The second-order valence-electron chi connectivity index (χ2n) is 11.6. The molecule has 0 bridgehead atoms. The molecule has 2 aliphatic heterocycles. The zero-order valence-corrected chi connectivity index (χ0v) is 23.1. The Morgan fingerprint density at radius 3 is 2.51 bits per heavy atom. The van der Waals surface area contributed by atoms with Crippen molar-refractivity contribution in [2.45, 2.75) is 78.4 Å². The van der Waals surface area contributed by atoms with Crippen LogP contribution in [0.1, 0.15) is 80.8 Å². The summed E-state index contributed by atoms with van der Waals surface area (Å²) < 4.78 is 10.9. The number of carbonyl (C=O) groups is 3. The Morgan fingerprint density at radius 1 is 1.16 bits per heavy atom. The van der Waals surface area contributed by atoms with Gasteiger partial charge in [-0.05, 0) is 64.9 Å². The lowest BCUT2D eigenvalue weighted by atomic mass is 9.82. The smallest absolute Gasteiger partial charge is 0.410 e. The van der Waals surface area contributed by atoms with Gasteiger partial charge in [0, 0.05) is 30.8 Å². The molecule has 4 rings (SSSR count). The number of likely N-dealkylation sites (tertiary alicyclic amines) is 1. The molecule has 3 fully saturated rings. The number of carboxylic acids is 1. The summed E-state index contributed by atoms with van der Waals surface area (Å²) >= 11 is 1.10. The zero-order chi connectivity index (χ0) is 26.7. The summed E-state index contributed by atoms with van der Waals surface area (Å²) in [6, 6.07) is 1.42. The molecule has 1 N–H and O–H groups in total. The fourth-order valence-electron chi connectivity index (χ4n) is 5.16. The van der Waals surface area contributed by atoms with Crippen LogP contribution < -0.4 is 4.90 Å². The number of rotatable bonds is 5. The van der Waals surface area contributed by atoms with Crippen molar-refractivity contribution in [3.05, 3.63) is 15.8 Å². The van der Waals surface area contributed by atoms with Crippen LogP contribution in [-0.4, -0.2) is 66.4 Å². The largest absolute Gasteiger partial charge is 0.477 e. The maximum atomic E-state index is 14.0. The maximum absolute atomic E-state index is 14.0. The van der Waals surface area contributed by atoms with Crippen molar-refractivity contribution >= 4 is 35.0 Å².